The van der Waals surface area contributed by atoms with Crippen LogP contribution in [0, 0.1) is 0 Å². The van der Waals surface area contributed by atoms with Gasteiger partial charge in [-0.2, -0.15) is 0 Å². The molecular weight excluding hydrogens is 206 g/mol. The highest BCUT2D eigenvalue weighted by atomic mass is 14.5. The van der Waals surface area contributed by atoms with E-state index in [1.807, 2.05) is 13.8 Å². The second kappa shape index (κ2) is 8.08. The molecule has 0 radical (unpaired) electrons. The van der Waals surface area contributed by atoms with Crippen molar-refractivity contribution < 1.29 is 0 Å². The van der Waals surface area contributed by atoms with Crippen molar-refractivity contribution >= 4 is 5.57 Å². The fourth-order valence-corrected chi connectivity index (χ4v) is 1.97. The molecule has 0 spiro atoms. The van der Waals surface area contributed by atoms with Crippen LogP contribution in [0.3, 0.4) is 0 Å². The lowest BCUT2D eigenvalue weighted by atomic mass is 9.89. The molecule has 2 N–H and O–H groups in total. The third-order valence-corrected chi connectivity index (χ3v) is 2.69. The van der Waals surface area contributed by atoms with Crippen LogP contribution in [0.25, 0.3) is 5.57 Å². The molecule has 1 nitrogen and oxygen atoms in total. The summed E-state index contributed by atoms with van der Waals surface area (Å²) in [5.41, 5.74) is 10.8. The summed E-state index contributed by atoms with van der Waals surface area (Å²) >= 11 is 0. The second-order valence-electron chi connectivity index (χ2n) is 4.35. The first-order valence-corrected chi connectivity index (χ1v) is 6.55. The van der Waals surface area contributed by atoms with Crippen molar-refractivity contribution in [2.75, 3.05) is 6.54 Å². The van der Waals surface area contributed by atoms with Crippen LogP contribution in [0.2, 0.25) is 0 Å². The molecule has 96 valence electrons. The standard InChI is InChI=1S/C14H21N.C2H6/c1-10(2)12-6-5-7-13(11(3)4)14(12)8-9-15;1-2/h5-7,11H,1,8-9,15H2,2-4H3;1-2H3. The molecule has 0 heterocycles. The van der Waals surface area contributed by atoms with Gasteiger partial charge in [0.1, 0.15) is 0 Å². The molecule has 1 rings (SSSR count). The maximum Gasteiger partial charge on any atom is -0.00364 e. The van der Waals surface area contributed by atoms with E-state index >= 15 is 0 Å². The summed E-state index contributed by atoms with van der Waals surface area (Å²) in [7, 11) is 0. The van der Waals surface area contributed by atoms with Crippen LogP contribution in [-0.4, -0.2) is 6.54 Å². The van der Waals surface area contributed by atoms with Crippen molar-refractivity contribution in [3.8, 4) is 0 Å². The molecule has 0 bridgehead atoms. The van der Waals surface area contributed by atoms with Gasteiger partial charge >= 0.3 is 0 Å². The minimum absolute atomic E-state index is 0.547. The van der Waals surface area contributed by atoms with Crippen molar-refractivity contribution in [1.29, 1.82) is 0 Å². The predicted molar refractivity (Wildman–Crippen MR) is 79.3 cm³/mol. The lowest BCUT2D eigenvalue weighted by Gasteiger charge is -2.16. The number of rotatable bonds is 4. The Bertz CT molecular complexity index is 351. The Morgan fingerprint density at radius 1 is 1.29 bits per heavy atom. The highest BCUT2D eigenvalue weighted by Crippen LogP contribution is 2.26. The minimum Gasteiger partial charge on any atom is -0.330 e. The monoisotopic (exact) mass is 233 g/mol. The molecule has 0 aliphatic heterocycles. The van der Waals surface area contributed by atoms with Crippen LogP contribution in [0.4, 0.5) is 0 Å². The van der Waals surface area contributed by atoms with Gasteiger partial charge in [0, 0.05) is 0 Å². The Kier molecular flexibility index (Phi) is 7.56. The van der Waals surface area contributed by atoms with Crippen molar-refractivity contribution in [1.82, 2.24) is 0 Å². The van der Waals surface area contributed by atoms with Crippen molar-refractivity contribution in [2.24, 2.45) is 5.73 Å². The van der Waals surface area contributed by atoms with Crippen LogP contribution >= 0.6 is 0 Å². The summed E-state index contributed by atoms with van der Waals surface area (Å²) < 4.78 is 0. The smallest absolute Gasteiger partial charge is 0.00364 e. The van der Waals surface area contributed by atoms with E-state index in [-0.39, 0.29) is 0 Å². The van der Waals surface area contributed by atoms with Crippen LogP contribution in [0.5, 0.6) is 0 Å². The van der Waals surface area contributed by atoms with Gasteiger partial charge in [-0.25, -0.2) is 0 Å². The first kappa shape index (κ1) is 15.9. The summed E-state index contributed by atoms with van der Waals surface area (Å²) in [6.45, 7) is 15.2. The Morgan fingerprint density at radius 2 is 1.88 bits per heavy atom. The molecule has 0 aliphatic carbocycles. The van der Waals surface area contributed by atoms with Crippen molar-refractivity contribution in [3.63, 3.8) is 0 Å². The van der Waals surface area contributed by atoms with Gasteiger partial charge in [-0.3, -0.25) is 0 Å². The lowest BCUT2D eigenvalue weighted by Crippen LogP contribution is -2.08. The number of hydrogen-bond donors (Lipinski definition) is 1. The average molecular weight is 233 g/mol. The molecule has 1 aromatic carbocycles. The molecular formula is C16H27N. The number of benzene rings is 1. The first-order valence-electron chi connectivity index (χ1n) is 6.55. The van der Waals surface area contributed by atoms with E-state index in [1.54, 1.807) is 0 Å². The largest absolute Gasteiger partial charge is 0.330 e. The summed E-state index contributed by atoms with van der Waals surface area (Å²) in [6.07, 6.45) is 0.941. The SMILES string of the molecule is C=C(C)c1cccc(C(C)C)c1CCN.CC. The maximum atomic E-state index is 5.67. The number of hydrogen-bond acceptors (Lipinski definition) is 1. The Morgan fingerprint density at radius 3 is 2.29 bits per heavy atom. The van der Waals surface area contributed by atoms with E-state index in [1.165, 1.54) is 16.7 Å². The second-order valence-corrected chi connectivity index (χ2v) is 4.35. The summed E-state index contributed by atoms with van der Waals surface area (Å²) in [5.74, 6) is 0.547. The van der Waals surface area contributed by atoms with E-state index in [0.29, 0.717) is 12.5 Å². The fourth-order valence-electron chi connectivity index (χ4n) is 1.97. The van der Waals surface area contributed by atoms with Gasteiger partial charge in [-0.05, 0) is 42.5 Å². The fraction of sp³-hybridized carbons (Fsp3) is 0.500. The third-order valence-electron chi connectivity index (χ3n) is 2.69. The molecule has 0 saturated heterocycles. The molecule has 0 amide bonds. The average Bonchev–Trinajstić information content (AvgIpc) is 2.31. The molecule has 17 heavy (non-hydrogen) atoms. The number of nitrogens with two attached hydrogens (primary N) is 1. The maximum absolute atomic E-state index is 5.67. The molecule has 0 aromatic heterocycles. The molecule has 1 aromatic rings. The summed E-state index contributed by atoms with van der Waals surface area (Å²) in [5, 5.41) is 0. The summed E-state index contributed by atoms with van der Waals surface area (Å²) in [4.78, 5) is 0. The quantitative estimate of drug-likeness (QED) is 0.821. The van der Waals surface area contributed by atoms with E-state index in [2.05, 4.69) is 45.5 Å². The highest BCUT2D eigenvalue weighted by Gasteiger charge is 2.10. The zero-order chi connectivity index (χ0) is 13.4. The van der Waals surface area contributed by atoms with E-state index in [9.17, 15) is 0 Å². The van der Waals surface area contributed by atoms with Gasteiger partial charge in [0.2, 0.25) is 0 Å². The van der Waals surface area contributed by atoms with Crippen molar-refractivity contribution in [2.45, 2.75) is 47.0 Å². The Balaban J connectivity index is 0.00000121. The topological polar surface area (TPSA) is 26.0 Å². The third kappa shape index (κ3) is 4.35. The zero-order valence-electron chi connectivity index (χ0n) is 12.0. The van der Waals surface area contributed by atoms with E-state index in [0.717, 1.165) is 12.0 Å². The highest BCUT2D eigenvalue weighted by molar-refractivity contribution is 5.66. The van der Waals surface area contributed by atoms with Crippen LogP contribution in [0.1, 0.15) is 57.2 Å². The predicted octanol–water partition coefficient (Wildman–Crippen LogP) is 4.37. The van der Waals surface area contributed by atoms with E-state index < -0.39 is 0 Å². The zero-order valence-corrected chi connectivity index (χ0v) is 12.0. The van der Waals surface area contributed by atoms with Gasteiger partial charge in [0.15, 0.2) is 0 Å². The molecule has 1 heteroatoms. The van der Waals surface area contributed by atoms with E-state index in [4.69, 9.17) is 5.73 Å². The van der Waals surface area contributed by atoms with Crippen LogP contribution < -0.4 is 5.73 Å². The summed E-state index contributed by atoms with van der Waals surface area (Å²) in [6, 6.07) is 6.45. The Hall–Kier alpha value is -1.08. The lowest BCUT2D eigenvalue weighted by molar-refractivity contribution is 0.830. The normalized spacial score (nSPS) is 9.82. The van der Waals surface area contributed by atoms with Gasteiger partial charge in [-0.1, -0.05) is 58.0 Å². The van der Waals surface area contributed by atoms with Gasteiger partial charge in [0.25, 0.3) is 0 Å². The minimum atomic E-state index is 0.547. The molecule has 0 aliphatic rings. The molecule has 0 atom stereocenters. The Labute approximate surface area is 107 Å². The molecule has 0 unspecified atom stereocenters. The molecule has 0 saturated carbocycles. The van der Waals surface area contributed by atoms with Crippen LogP contribution in [-0.2, 0) is 6.42 Å². The first-order chi connectivity index (χ1) is 8.07. The van der Waals surface area contributed by atoms with Gasteiger partial charge < -0.3 is 5.73 Å². The number of allylic oxidation sites excluding steroid dienone is 1. The van der Waals surface area contributed by atoms with Gasteiger partial charge in [-0.15, -0.1) is 0 Å². The van der Waals surface area contributed by atoms with Crippen molar-refractivity contribution in [3.05, 3.63) is 41.5 Å². The molecule has 0 fully saturated rings. The van der Waals surface area contributed by atoms with Crippen LogP contribution in [0.15, 0.2) is 24.8 Å². The van der Waals surface area contributed by atoms with Gasteiger partial charge in [0.05, 0.1) is 0 Å².